The molecule has 0 fully saturated rings. The molecule has 0 spiro atoms. The molecule has 2 N–H and O–H groups in total. The Morgan fingerprint density at radius 1 is 1.12 bits per heavy atom. The zero-order chi connectivity index (χ0) is 22.5. The number of H-pyrrole nitrogens is 1. The van der Waals surface area contributed by atoms with Gasteiger partial charge in [0.25, 0.3) is 0 Å². The van der Waals surface area contributed by atoms with E-state index in [1.807, 2.05) is 35.9 Å². The number of benzene rings is 2. The van der Waals surface area contributed by atoms with Crippen molar-refractivity contribution in [2.45, 2.75) is 39.7 Å². The Kier molecular flexibility index (Phi) is 6.34. The van der Waals surface area contributed by atoms with Crippen LogP contribution in [0.2, 0.25) is 0 Å². The predicted octanol–water partition coefficient (Wildman–Crippen LogP) is 3.39. The van der Waals surface area contributed by atoms with Gasteiger partial charge in [-0.2, -0.15) is 5.10 Å². The second-order valence-electron chi connectivity index (χ2n) is 7.73. The molecule has 2 aromatic carbocycles. The number of carbonyl (C=O) groups is 1. The van der Waals surface area contributed by atoms with Crippen LogP contribution in [0, 0.1) is 5.92 Å². The van der Waals surface area contributed by atoms with Crippen LogP contribution in [-0.2, 0) is 24.2 Å². The van der Waals surface area contributed by atoms with Gasteiger partial charge in [-0.05, 0) is 33.5 Å². The van der Waals surface area contributed by atoms with Crippen LogP contribution in [0.15, 0.2) is 48.5 Å². The summed E-state index contributed by atoms with van der Waals surface area (Å²) in [6.45, 7) is 4.36. The highest BCUT2D eigenvalue weighted by Crippen LogP contribution is 2.29. The maximum atomic E-state index is 11.1. The Balaban J connectivity index is 1.51. The summed E-state index contributed by atoms with van der Waals surface area (Å²) in [4.78, 5) is 15.6. The van der Waals surface area contributed by atoms with Crippen LogP contribution in [0.25, 0.3) is 22.5 Å². The summed E-state index contributed by atoms with van der Waals surface area (Å²) in [5, 5.41) is 27.9. The molecule has 0 aliphatic heterocycles. The fraction of sp³-hybridized carbons (Fsp3) is 0.304. The zero-order valence-corrected chi connectivity index (χ0v) is 18.1. The summed E-state index contributed by atoms with van der Waals surface area (Å²) in [5.41, 5.74) is 4.16. The first-order chi connectivity index (χ1) is 15.5. The molecule has 0 bridgehead atoms. The highest BCUT2D eigenvalue weighted by molar-refractivity contribution is 5.80. The molecule has 2 heterocycles. The monoisotopic (exact) mass is 431 g/mol. The smallest absolute Gasteiger partial charge is 0.306 e. The molecule has 0 radical (unpaired) electrons. The van der Waals surface area contributed by atoms with E-state index in [0.717, 1.165) is 34.5 Å². The van der Waals surface area contributed by atoms with Crippen LogP contribution in [-0.4, -0.2) is 46.5 Å². The molecule has 9 nitrogen and oxygen atoms in total. The van der Waals surface area contributed by atoms with Gasteiger partial charge in [0.2, 0.25) is 0 Å². The average molecular weight is 432 g/mol. The van der Waals surface area contributed by atoms with Gasteiger partial charge in [-0.15, -0.1) is 5.10 Å². The van der Waals surface area contributed by atoms with E-state index in [4.69, 9.17) is 5.11 Å². The Morgan fingerprint density at radius 2 is 1.88 bits per heavy atom. The summed E-state index contributed by atoms with van der Waals surface area (Å²) >= 11 is 0. The van der Waals surface area contributed by atoms with E-state index in [-0.39, 0.29) is 0 Å². The lowest BCUT2D eigenvalue weighted by atomic mass is 9.98. The van der Waals surface area contributed by atoms with Crippen LogP contribution < -0.4 is 0 Å². The number of carboxylic acids is 1. The van der Waals surface area contributed by atoms with Crippen molar-refractivity contribution in [1.29, 1.82) is 0 Å². The number of hydrogen-bond donors (Lipinski definition) is 2. The molecule has 0 amide bonds. The number of aromatic amines is 1. The minimum Gasteiger partial charge on any atom is -0.481 e. The number of carboxylic acid groups (broad SMARTS) is 1. The van der Waals surface area contributed by atoms with Gasteiger partial charge in [-0.3, -0.25) is 4.79 Å². The molecule has 0 aliphatic rings. The Morgan fingerprint density at radius 3 is 2.53 bits per heavy atom. The molecule has 164 valence electrons. The van der Waals surface area contributed by atoms with E-state index in [2.05, 4.69) is 55.0 Å². The molecule has 9 heteroatoms. The van der Waals surface area contributed by atoms with Crippen molar-refractivity contribution in [3.05, 3.63) is 65.7 Å². The second-order valence-corrected chi connectivity index (χ2v) is 7.73. The van der Waals surface area contributed by atoms with Crippen LogP contribution in [0.4, 0.5) is 0 Å². The van der Waals surface area contributed by atoms with Crippen LogP contribution >= 0.6 is 0 Å². The van der Waals surface area contributed by atoms with Crippen molar-refractivity contribution in [1.82, 2.24) is 35.4 Å². The second kappa shape index (κ2) is 9.51. The van der Waals surface area contributed by atoms with Crippen LogP contribution in [0.5, 0.6) is 0 Å². The highest BCUT2D eigenvalue weighted by Gasteiger charge is 2.15. The molecule has 1 atom stereocenters. The van der Waals surface area contributed by atoms with Crippen molar-refractivity contribution in [2.75, 3.05) is 0 Å². The third-order valence-electron chi connectivity index (χ3n) is 5.46. The molecule has 0 saturated heterocycles. The number of nitrogens with zero attached hydrogens (tertiary/aromatic N) is 6. The highest BCUT2D eigenvalue weighted by atomic mass is 16.4. The first kappa shape index (κ1) is 21.4. The number of tetrazole rings is 1. The minimum atomic E-state index is -0.790. The van der Waals surface area contributed by atoms with Crippen LogP contribution in [0.3, 0.4) is 0 Å². The number of rotatable bonds is 9. The fourth-order valence-corrected chi connectivity index (χ4v) is 3.57. The lowest BCUT2D eigenvalue weighted by Gasteiger charge is -2.09. The number of aryl methyl sites for hydroxylation is 2. The van der Waals surface area contributed by atoms with E-state index in [0.29, 0.717) is 31.0 Å². The summed E-state index contributed by atoms with van der Waals surface area (Å²) in [7, 11) is 0. The molecule has 32 heavy (non-hydrogen) atoms. The van der Waals surface area contributed by atoms with E-state index < -0.39 is 11.9 Å². The summed E-state index contributed by atoms with van der Waals surface area (Å²) < 4.78 is 1.91. The number of hydrogen-bond acceptors (Lipinski definition) is 6. The van der Waals surface area contributed by atoms with Crippen molar-refractivity contribution in [3.8, 4) is 22.5 Å². The van der Waals surface area contributed by atoms with Crippen molar-refractivity contribution in [3.63, 3.8) is 0 Å². The lowest BCUT2D eigenvalue weighted by molar-refractivity contribution is -0.141. The van der Waals surface area contributed by atoms with Gasteiger partial charge >= 0.3 is 5.97 Å². The quantitative estimate of drug-likeness (QED) is 0.416. The van der Waals surface area contributed by atoms with Gasteiger partial charge in [-0.1, -0.05) is 62.4 Å². The Hall–Kier alpha value is -3.88. The first-order valence-electron chi connectivity index (χ1n) is 10.6. The largest absolute Gasteiger partial charge is 0.481 e. The standard InChI is InChI=1S/C23H25N7O2/c1-3-21-24-20(13-8-15(2)23(31)32)27-30(21)14-16-9-11-17(12-10-16)18-6-4-5-7-19(18)22-25-28-29-26-22/h4-7,9-12,15H,3,8,13-14H2,1-2H3,(H,31,32)(H,25,26,28,29). The first-order valence-corrected chi connectivity index (χ1v) is 10.6. The summed E-state index contributed by atoms with van der Waals surface area (Å²) in [6.07, 6.45) is 1.84. The van der Waals surface area contributed by atoms with E-state index in [1.54, 1.807) is 6.92 Å². The molecule has 2 aromatic heterocycles. The lowest BCUT2D eigenvalue weighted by Crippen LogP contribution is -2.11. The van der Waals surface area contributed by atoms with Gasteiger partial charge in [0.15, 0.2) is 11.6 Å². The van der Waals surface area contributed by atoms with Crippen molar-refractivity contribution < 1.29 is 9.90 Å². The molecule has 0 saturated carbocycles. The van der Waals surface area contributed by atoms with Gasteiger partial charge in [0.05, 0.1) is 12.5 Å². The van der Waals surface area contributed by atoms with Gasteiger partial charge in [-0.25, -0.2) is 14.8 Å². The third-order valence-corrected chi connectivity index (χ3v) is 5.46. The maximum Gasteiger partial charge on any atom is 0.306 e. The third kappa shape index (κ3) is 4.72. The van der Waals surface area contributed by atoms with Gasteiger partial charge in [0, 0.05) is 18.4 Å². The molecular weight excluding hydrogens is 406 g/mol. The topological polar surface area (TPSA) is 122 Å². The molecular formula is C23H25N7O2. The molecule has 4 rings (SSSR count). The van der Waals surface area contributed by atoms with E-state index in [1.165, 1.54) is 0 Å². The summed E-state index contributed by atoms with van der Waals surface area (Å²) in [6, 6.07) is 16.3. The van der Waals surface area contributed by atoms with Gasteiger partial charge in [0.1, 0.15) is 5.82 Å². The number of nitrogens with one attached hydrogen (secondary N) is 1. The number of aromatic nitrogens is 7. The Labute approximate surface area is 185 Å². The van der Waals surface area contributed by atoms with E-state index in [9.17, 15) is 4.79 Å². The fourth-order valence-electron chi connectivity index (χ4n) is 3.57. The SMILES string of the molecule is CCc1nc(CCC(C)C(=O)O)nn1Cc1ccc(-c2ccccc2-c2nnn[nH]2)cc1. The minimum absolute atomic E-state index is 0.407. The average Bonchev–Trinajstić information content (AvgIpc) is 3.48. The molecule has 0 aliphatic carbocycles. The zero-order valence-electron chi connectivity index (χ0n) is 18.1. The van der Waals surface area contributed by atoms with Gasteiger partial charge < -0.3 is 5.11 Å². The normalized spacial score (nSPS) is 12.1. The molecule has 4 aromatic rings. The Bertz CT molecular complexity index is 1180. The maximum absolute atomic E-state index is 11.1. The summed E-state index contributed by atoms with van der Waals surface area (Å²) in [5.74, 6) is 1.03. The van der Waals surface area contributed by atoms with Crippen molar-refractivity contribution in [2.24, 2.45) is 5.92 Å². The van der Waals surface area contributed by atoms with Crippen molar-refractivity contribution >= 4 is 5.97 Å². The van der Waals surface area contributed by atoms with Crippen LogP contribution in [0.1, 0.15) is 37.5 Å². The number of aliphatic carboxylic acids is 1. The predicted molar refractivity (Wildman–Crippen MR) is 119 cm³/mol. The molecule has 1 unspecified atom stereocenters. The van der Waals surface area contributed by atoms with E-state index >= 15 is 0 Å².